The van der Waals surface area contributed by atoms with E-state index in [4.69, 9.17) is 6.57 Å². The van der Waals surface area contributed by atoms with Gasteiger partial charge in [0.15, 0.2) is 0 Å². The van der Waals surface area contributed by atoms with E-state index in [-0.39, 0.29) is 0 Å². The Balaban J connectivity index is 2.17. The molecule has 6 nitrogen and oxygen atoms in total. The first kappa shape index (κ1) is 13.6. The van der Waals surface area contributed by atoms with Crippen LogP contribution in [-0.4, -0.2) is 26.1 Å². The van der Waals surface area contributed by atoms with Crippen molar-refractivity contribution in [2.24, 2.45) is 0 Å². The summed E-state index contributed by atoms with van der Waals surface area (Å²) >= 11 is 0. The molecule has 2 aromatic carbocycles. The molecule has 0 saturated heterocycles. The first-order chi connectivity index (χ1) is 10.7. The van der Waals surface area contributed by atoms with E-state index < -0.39 is 5.91 Å². The van der Waals surface area contributed by atoms with Gasteiger partial charge in [-0.3, -0.25) is 0 Å². The quantitative estimate of drug-likeness (QED) is 0.744. The van der Waals surface area contributed by atoms with Crippen molar-refractivity contribution in [2.75, 3.05) is 0 Å². The predicted molar refractivity (Wildman–Crippen MR) is 82.0 cm³/mol. The minimum Gasteiger partial charge on any atom is -0.201 e. The molecule has 0 aliphatic carbocycles. The Morgan fingerprint density at radius 3 is 2.55 bits per heavy atom. The summed E-state index contributed by atoms with van der Waals surface area (Å²) in [7, 11) is 0. The minimum atomic E-state index is -0.497. The first-order valence-corrected chi connectivity index (χ1v) is 6.58. The number of rotatable bonds is 3. The molecule has 22 heavy (non-hydrogen) atoms. The number of aromatic nitrogens is 4. The van der Waals surface area contributed by atoms with Crippen LogP contribution in [0.5, 0.6) is 0 Å². The van der Waals surface area contributed by atoms with Crippen LogP contribution in [0.2, 0.25) is 0 Å². The van der Waals surface area contributed by atoms with Crippen LogP contribution in [0.25, 0.3) is 21.7 Å². The van der Waals surface area contributed by atoms with Crippen molar-refractivity contribution >= 4 is 5.91 Å². The van der Waals surface area contributed by atoms with Crippen molar-refractivity contribution < 1.29 is 4.79 Å². The third kappa shape index (κ3) is 2.60. The van der Waals surface area contributed by atoms with Gasteiger partial charge in [-0.2, -0.15) is 4.79 Å². The molecule has 0 spiro atoms. The number of hydrogen-bond donors (Lipinski definition) is 0. The summed E-state index contributed by atoms with van der Waals surface area (Å²) in [4.78, 5) is 15.1. The second-order valence-electron chi connectivity index (χ2n) is 4.82. The van der Waals surface area contributed by atoms with E-state index in [1.165, 1.54) is 11.0 Å². The molecule has 3 rings (SSSR count). The number of carbonyl (C=O) groups excluding carboxylic acids is 1. The normalized spacial score (nSPS) is 10.2. The molecule has 0 N–H and O–H groups in total. The summed E-state index contributed by atoms with van der Waals surface area (Å²) in [6.45, 7) is 7.13. The van der Waals surface area contributed by atoms with E-state index in [0.717, 1.165) is 16.7 Å². The maximum Gasteiger partial charge on any atom is 0.547 e. The van der Waals surface area contributed by atoms with Gasteiger partial charge in [-0.05, 0) is 46.7 Å². The van der Waals surface area contributed by atoms with Crippen molar-refractivity contribution in [2.45, 2.75) is 6.92 Å². The third-order valence-electron chi connectivity index (χ3n) is 3.28. The van der Waals surface area contributed by atoms with Crippen LogP contribution >= 0.6 is 0 Å². The molecule has 0 aliphatic rings. The van der Waals surface area contributed by atoms with Gasteiger partial charge in [-0.15, -0.1) is 5.10 Å². The lowest BCUT2D eigenvalue weighted by Crippen LogP contribution is -2.00. The fraction of sp³-hybridized carbons (Fsp3) is 0.0625. The number of aryl methyl sites for hydroxylation is 1. The van der Waals surface area contributed by atoms with Gasteiger partial charge in [0, 0.05) is 4.85 Å². The van der Waals surface area contributed by atoms with Gasteiger partial charge < -0.3 is 0 Å². The second kappa shape index (κ2) is 5.58. The summed E-state index contributed by atoms with van der Waals surface area (Å²) in [6.07, 6.45) is 1.46. The van der Waals surface area contributed by atoms with Gasteiger partial charge in [-0.1, -0.05) is 29.8 Å². The molecule has 0 aliphatic heterocycles. The summed E-state index contributed by atoms with van der Waals surface area (Å²) in [6, 6.07) is 13.3. The highest BCUT2D eigenvalue weighted by molar-refractivity contribution is 6.03. The summed E-state index contributed by atoms with van der Waals surface area (Å²) < 4.78 is 1.48. The molecule has 0 saturated carbocycles. The third-order valence-corrected chi connectivity index (χ3v) is 3.28. The number of hydrogen-bond acceptors (Lipinski definition) is 4. The van der Waals surface area contributed by atoms with E-state index in [1.54, 1.807) is 12.1 Å². The van der Waals surface area contributed by atoms with E-state index in [2.05, 4.69) is 20.4 Å². The Kier molecular flexibility index (Phi) is 3.46. The lowest BCUT2D eigenvalue weighted by Gasteiger charge is -2.06. The zero-order chi connectivity index (χ0) is 15.5. The Labute approximate surface area is 126 Å². The van der Waals surface area contributed by atoms with Crippen LogP contribution < -0.4 is 0 Å². The fourth-order valence-corrected chi connectivity index (χ4v) is 2.13. The average Bonchev–Trinajstić information content (AvgIpc) is 3.09. The van der Waals surface area contributed by atoms with Crippen molar-refractivity contribution in [3.8, 4) is 23.4 Å². The minimum absolute atomic E-state index is 0.381. The highest BCUT2D eigenvalue weighted by atomic mass is 16.1. The lowest BCUT2D eigenvalue weighted by molar-refractivity contribution is 0.104. The SMILES string of the molecule is C#[N+]C(=O)c1cc(-c2ccc(C)cc2)cc(-n2cnnn2)c1. The van der Waals surface area contributed by atoms with Gasteiger partial charge in [0.1, 0.15) is 11.9 Å². The zero-order valence-electron chi connectivity index (χ0n) is 11.8. The Hall–Kier alpha value is -3.33. The number of benzene rings is 2. The molecule has 1 amide bonds. The van der Waals surface area contributed by atoms with Crippen molar-refractivity contribution in [3.63, 3.8) is 0 Å². The molecule has 106 valence electrons. The molecular weight excluding hydrogens is 278 g/mol. The van der Waals surface area contributed by atoms with E-state index >= 15 is 0 Å². The van der Waals surface area contributed by atoms with Gasteiger partial charge in [0.25, 0.3) is 6.57 Å². The maximum atomic E-state index is 11.8. The number of carbonyl (C=O) groups is 1. The lowest BCUT2D eigenvalue weighted by atomic mass is 10.0. The fourth-order valence-electron chi connectivity index (χ4n) is 2.13. The van der Waals surface area contributed by atoms with Crippen LogP contribution in [-0.2, 0) is 0 Å². The smallest absolute Gasteiger partial charge is 0.201 e. The Morgan fingerprint density at radius 2 is 1.91 bits per heavy atom. The number of amides is 1. The molecule has 0 fully saturated rings. The van der Waals surface area contributed by atoms with Crippen molar-refractivity contribution in [3.05, 3.63) is 64.8 Å². The van der Waals surface area contributed by atoms with E-state index in [0.29, 0.717) is 11.3 Å². The standard InChI is InChI=1S/C16H12N5O/c1-11-3-5-12(6-4-11)13-7-14(16(22)17-2)9-15(8-13)21-10-18-19-20-21/h2-10H,1H3/q+1. The summed E-state index contributed by atoms with van der Waals surface area (Å²) in [5.74, 6) is -0.497. The topological polar surface area (TPSA) is 65.0 Å². The molecule has 3 aromatic rings. The van der Waals surface area contributed by atoms with Crippen LogP contribution in [0.3, 0.4) is 0 Å². The van der Waals surface area contributed by atoms with E-state index in [9.17, 15) is 4.79 Å². The van der Waals surface area contributed by atoms with Crippen LogP contribution in [0.4, 0.5) is 0 Å². The predicted octanol–water partition coefficient (Wildman–Crippen LogP) is 2.74. The van der Waals surface area contributed by atoms with E-state index in [1.807, 2.05) is 37.3 Å². The maximum absolute atomic E-state index is 11.8. The Bertz CT molecular complexity index is 861. The molecule has 1 heterocycles. The molecular formula is C16H12N5O+. The molecule has 1 aromatic heterocycles. The Morgan fingerprint density at radius 1 is 1.14 bits per heavy atom. The summed E-state index contributed by atoms with van der Waals surface area (Å²) in [5.41, 5.74) is 4.04. The van der Waals surface area contributed by atoms with Crippen LogP contribution in [0.15, 0.2) is 48.8 Å². The molecule has 0 unspecified atom stereocenters. The highest BCUT2D eigenvalue weighted by Gasteiger charge is 2.18. The second-order valence-corrected chi connectivity index (χ2v) is 4.82. The molecule has 6 heteroatoms. The molecule has 0 atom stereocenters. The van der Waals surface area contributed by atoms with Gasteiger partial charge in [0.05, 0.1) is 5.69 Å². The first-order valence-electron chi connectivity index (χ1n) is 6.58. The number of tetrazole rings is 1. The monoisotopic (exact) mass is 290 g/mol. The van der Waals surface area contributed by atoms with Gasteiger partial charge in [0.2, 0.25) is 0 Å². The average molecular weight is 290 g/mol. The molecule has 0 bridgehead atoms. The summed E-state index contributed by atoms with van der Waals surface area (Å²) in [5, 5.41) is 11.1. The largest absolute Gasteiger partial charge is 0.547 e. The van der Waals surface area contributed by atoms with Gasteiger partial charge >= 0.3 is 5.91 Å². The van der Waals surface area contributed by atoms with Crippen molar-refractivity contribution in [1.29, 1.82) is 0 Å². The number of nitrogens with zero attached hydrogens (tertiary/aromatic N) is 5. The highest BCUT2D eigenvalue weighted by Crippen LogP contribution is 2.25. The zero-order valence-corrected chi connectivity index (χ0v) is 11.8. The van der Waals surface area contributed by atoms with Crippen LogP contribution in [0, 0.1) is 13.5 Å². The van der Waals surface area contributed by atoms with Gasteiger partial charge in [-0.25, -0.2) is 4.68 Å². The van der Waals surface area contributed by atoms with Crippen molar-refractivity contribution in [1.82, 2.24) is 20.2 Å². The van der Waals surface area contributed by atoms with Crippen LogP contribution in [0.1, 0.15) is 15.9 Å². The molecule has 0 radical (unpaired) electrons.